The molecule has 1 aliphatic heterocycles. The maximum atomic E-state index is 13.4. The molecule has 1 saturated carbocycles. The third kappa shape index (κ3) is 3.69. The number of aryl methyl sites for hydroxylation is 1. The lowest BCUT2D eigenvalue weighted by Gasteiger charge is -2.33. The highest BCUT2D eigenvalue weighted by Gasteiger charge is 2.46. The van der Waals surface area contributed by atoms with E-state index in [1.807, 2.05) is 60.5 Å². The minimum Gasteiger partial charge on any atom is -0.340 e. The number of hydrogen-bond donors (Lipinski definition) is 0. The molecule has 0 N–H and O–H groups in total. The molecule has 2 amide bonds. The molecule has 8 heteroatoms. The SMILES string of the molecule is CN(C(=O)C1CC1)[C@@H]1CC(=O)N(c2ccc3c(cnn3-c3ccc(=O)n(C)c3)c2)[C@H]1c1ccccc1. The predicted molar refractivity (Wildman–Crippen MR) is 137 cm³/mol. The summed E-state index contributed by atoms with van der Waals surface area (Å²) in [6.07, 6.45) is 5.65. The molecule has 2 aromatic heterocycles. The van der Waals surface area contributed by atoms with Crippen LogP contribution in [0, 0.1) is 5.92 Å². The second-order valence-electron chi connectivity index (χ2n) is 9.75. The standard InChI is InChI=1S/C28H27N5O3/c1-30-17-22(11-13-25(30)34)33-23-12-10-21(14-20(23)16-29-33)32-26(35)15-24(31(2)28(36)19-8-9-19)27(32)18-6-4-3-5-7-18/h3-7,10-14,16-17,19,24,27H,8-9,15H2,1-2H3/t24-,27+/m1/s1. The number of aromatic nitrogens is 3. The van der Waals surface area contributed by atoms with Crippen LogP contribution in [0.15, 0.2) is 77.9 Å². The molecule has 4 aromatic rings. The Bertz CT molecular complexity index is 1540. The fourth-order valence-electron chi connectivity index (χ4n) is 5.25. The van der Waals surface area contributed by atoms with Crippen molar-refractivity contribution in [2.24, 2.45) is 13.0 Å². The topological polar surface area (TPSA) is 80.4 Å². The summed E-state index contributed by atoms with van der Waals surface area (Å²) in [5.41, 5.74) is 3.34. The van der Waals surface area contributed by atoms with Gasteiger partial charge in [-0.05, 0) is 42.7 Å². The zero-order chi connectivity index (χ0) is 25.0. The molecule has 0 bridgehead atoms. The quantitative estimate of drug-likeness (QED) is 0.437. The molecular formula is C28H27N5O3. The first-order chi connectivity index (χ1) is 17.4. The fourth-order valence-corrected chi connectivity index (χ4v) is 5.25. The summed E-state index contributed by atoms with van der Waals surface area (Å²) in [5.74, 6) is 0.217. The number of carbonyl (C=O) groups excluding carboxylic acids is 2. The van der Waals surface area contributed by atoms with Crippen LogP contribution >= 0.6 is 0 Å². The van der Waals surface area contributed by atoms with Crippen molar-refractivity contribution in [3.63, 3.8) is 0 Å². The van der Waals surface area contributed by atoms with Crippen LogP contribution in [0.4, 0.5) is 5.69 Å². The maximum absolute atomic E-state index is 13.4. The lowest BCUT2D eigenvalue weighted by Crippen LogP contribution is -2.42. The molecule has 0 unspecified atom stereocenters. The molecule has 6 rings (SSSR count). The summed E-state index contributed by atoms with van der Waals surface area (Å²) in [7, 11) is 3.54. The van der Waals surface area contributed by atoms with Crippen molar-refractivity contribution in [3.8, 4) is 5.69 Å². The molecule has 2 aliphatic rings. The van der Waals surface area contributed by atoms with Crippen molar-refractivity contribution in [2.45, 2.75) is 31.3 Å². The lowest BCUT2D eigenvalue weighted by molar-refractivity contribution is -0.133. The summed E-state index contributed by atoms with van der Waals surface area (Å²) >= 11 is 0. The molecular weight excluding hydrogens is 454 g/mol. The number of nitrogens with zero attached hydrogens (tertiary/aromatic N) is 5. The number of pyridine rings is 1. The van der Waals surface area contributed by atoms with E-state index in [2.05, 4.69) is 5.10 Å². The van der Waals surface area contributed by atoms with Gasteiger partial charge < -0.3 is 14.4 Å². The van der Waals surface area contributed by atoms with Gasteiger partial charge in [0.15, 0.2) is 0 Å². The molecule has 0 radical (unpaired) electrons. The van der Waals surface area contributed by atoms with E-state index in [0.29, 0.717) is 0 Å². The van der Waals surface area contributed by atoms with Crippen LogP contribution in [0.2, 0.25) is 0 Å². The van der Waals surface area contributed by atoms with Gasteiger partial charge in [-0.25, -0.2) is 4.68 Å². The molecule has 0 spiro atoms. The first-order valence-corrected chi connectivity index (χ1v) is 12.2. The van der Waals surface area contributed by atoms with Gasteiger partial charge in [-0.3, -0.25) is 14.4 Å². The maximum Gasteiger partial charge on any atom is 0.250 e. The van der Waals surface area contributed by atoms with Gasteiger partial charge in [-0.15, -0.1) is 0 Å². The van der Waals surface area contributed by atoms with Crippen LogP contribution in [0.5, 0.6) is 0 Å². The molecule has 3 heterocycles. The molecule has 8 nitrogen and oxygen atoms in total. The Morgan fingerprint density at radius 2 is 1.75 bits per heavy atom. The largest absolute Gasteiger partial charge is 0.340 e. The third-order valence-corrected chi connectivity index (χ3v) is 7.35. The second-order valence-corrected chi connectivity index (χ2v) is 9.75. The monoisotopic (exact) mass is 481 g/mol. The highest BCUT2D eigenvalue weighted by molar-refractivity contribution is 6.00. The molecule has 36 heavy (non-hydrogen) atoms. The number of anilines is 1. The number of carbonyl (C=O) groups is 2. The van der Waals surface area contributed by atoms with Crippen LogP contribution in [-0.2, 0) is 16.6 Å². The van der Waals surface area contributed by atoms with Crippen LogP contribution in [0.1, 0.15) is 30.9 Å². The normalized spacial score (nSPS) is 19.7. The Hall–Kier alpha value is -4.20. The molecule has 2 fully saturated rings. The van der Waals surface area contributed by atoms with Gasteiger partial charge in [0.25, 0.3) is 0 Å². The summed E-state index contributed by atoms with van der Waals surface area (Å²) in [6, 6.07) is 18.5. The van der Waals surface area contributed by atoms with E-state index in [0.717, 1.165) is 40.7 Å². The van der Waals surface area contributed by atoms with Crippen LogP contribution < -0.4 is 10.5 Å². The van der Waals surface area contributed by atoms with Crippen molar-refractivity contribution in [3.05, 3.63) is 89.0 Å². The number of benzene rings is 2. The van der Waals surface area contributed by atoms with Crippen molar-refractivity contribution in [1.82, 2.24) is 19.2 Å². The van der Waals surface area contributed by atoms with E-state index >= 15 is 0 Å². The molecule has 2 aromatic carbocycles. The number of likely N-dealkylation sites (N-methyl/N-ethyl adjacent to an activating group) is 1. The first kappa shape index (κ1) is 22.3. The summed E-state index contributed by atoms with van der Waals surface area (Å²) in [5, 5.41) is 5.42. The Kier molecular flexibility index (Phi) is 5.25. The fraction of sp³-hybridized carbons (Fsp3) is 0.286. The van der Waals surface area contributed by atoms with Crippen molar-refractivity contribution >= 4 is 28.4 Å². The smallest absolute Gasteiger partial charge is 0.250 e. The molecule has 1 aliphatic carbocycles. The number of fused-ring (bicyclic) bond motifs is 1. The van der Waals surface area contributed by atoms with Gasteiger partial charge in [0, 0.05) is 49.8 Å². The van der Waals surface area contributed by atoms with Crippen molar-refractivity contribution in [2.75, 3.05) is 11.9 Å². The Morgan fingerprint density at radius 3 is 2.47 bits per heavy atom. The van der Waals surface area contributed by atoms with E-state index in [1.165, 1.54) is 10.6 Å². The Balaban J connectivity index is 1.40. The minimum atomic E-state index is -0.275. The van der Waals surface area contributed by atoms with Gasteiger partial charge in [0.2, 0.25) is 17.4 Å². The summed E-state index contributed by atoms with van der Waals surface area (Å²) in [6.45, 7) is 0. The van der Waals surface area contributed by atoms with E-state index in [1.54, 1.807) is 35.1 Å². The lowest BCUT2D eigenvalue weighted by atomic mass is 9.98. The van der Waals surface area contributed by atoms with Gasteiger partial charge in [0.1, 0.15) is 0 Å². The van der Waals surface area contributed by atoms with Gasteiger partial charge in [-0.2, -0.15) is 5.10 Å². The minimum absolute atomic E-state index is 0.00546. The predicted octanol–water partition coefficient (Wildman–Crippen LogP) is 3.44. The molecule has 182 valence electrons. The van der Waals surface area contributed by atoms with E-state index in [-0.39, 0.29) is 41.8 Å². The molecule has 2 atom stereocenters. The Labute approximate surface area is 208 Å². The van der Waals surface area contributed by atoms with Crippen LogP contribution in [0.25, 0.3) is 16.6 Å². The van der Waals surface area contributed by atoms with Crippen LogP contribution in [-0.4, -0.2) is 44.2 Å². The molecule has 1 saturated heterocycles. The van der Waals surface area contributed by atoms with Crippen LogP contribution in [0.3, 0.4) is 0 Å². The van der Waals surface area contributed by atoms with Gasteiger partial charge in [-0.1, -0.05) is 30.3 Å². The summed E-state index contributed by atoms with van der Waals surface area (Å²) < 4.78 is 3.30. The van der Waals surface area contributed by atoms with E-state index < -0.39 is 0 Å². The van der Waals surface area contributed by atoms with Crippen molar-refractivity contribution in [1.29, 1.82) is 0 Å². The number of hydrogen-bond acceptors (Lipinski definition) is 4. The zero-order valence-electron chi connectivity index (χ0n) is 20.2. The average Bonchev–Trinajstić information content (AvgIpc) is 3.57. The zero-order valence-corrected chi connectivity index (χ0v) is 20.2. The number of rotatable bonds is 5. The van der Waals surface area contributed by atoms with Crippen molar-refractivity contribution < 1.29 is 9.59 Å². The average molecular weight is 482 g/mol. The second kappa shape index (κ2) is 8.48. The number of amides is 2. The Morgan fingerprint density at radius 1 is 1.00 bits per heavy atom. The van der Waals surface area contributed by atoms with E-state index in [4.69, 9.17) is 0 Å². The third-order valence-electron chi connectivity index (χ3n) is 7.35. The van der Waals surface area contributed by atoms with Gasteiger partial charge >= 0.3 is 0 Å². The van der Waals surface area contributed by atoms with E-state index in [9.17, 15) is 14.4 Å². The van der Waals surface area contributed by atoms with Gasteiger partial charge in [0.05, 0.1) is 29.5 Å². The summed E-state index contributed by atoms with van der Waals surface area (Å²) in [4.78, 5) is 41.8. The highest BCUT2D eigenvalue weighted by Crippen LogP contribution is 2.42. The first-order valence-electron chi connectivity index (χ1n) is 12.2. The highest BCUT2D eigenvalue weighted by atomic mass is 16.2.